The summed E-state index contributed by atoms with van der Waals surface area (Å²) in [7, 11) is 0. The van der Waals surface area contributed by atoms with Gasteiger partial charge in [-0.05, 0) is 89.1 Å². The van der Waals surface area contributed by atoms with Crippen molar-refractivity contribution in [1.82, 2.24) is 9.88 Å². The third-order valence-corrected chi connectivity index (χ3v) is 8.76. The van der Waals surface area contributed by atoms with Crippen molar-refractivity contribution < 1.29 is 14.3 Å². The SMILES string of the molecule is CC(C)Nc1ccc(C(=O)Nc2sc3c(c2-c2nc4ccc(Br)cc4s2)CCN(C(=O)OC(C)(C)C)C3)cc1. The smallest absolute Gasteiger partial charge is 0.410 e. The number of nitrogens with zero attached hydrogens (tertiary/aromatic N) is 2. The Hall–Kier alpha value is -2.95. The highest BCUT2D eigenvalue weighted by atomic mass is 79.9. The molecule has 10 heteroatoms. The average Bonchev–Trinajstić information content (AvgIpc) is 3.42. The number of fused-ring (bicyclic) bond motifs is 2. The Labute approximate surface area is 244 Å². The van der Waals surface area contributed by atoms with E-state index in [1.54, 1.807) is 16.2 Å². The first-order chi connectivity index (χ1) is 18.5. The molecule has 0 unspecified atom stereocenters. The number of benzene rings is 2. The van der Waals surface area contributed by atoms with Crippen molar-refractivity contribution in [3.63, 3.8) is 0 Å². The quantitative estimate of drug-likeness (QED) is 0.233. The second-order valence-electron chi connectivity index (χ2n) is 10.8. The van der Waals surface area contributed by atoms with Crippen molar-refractivity contribution in [3.8, 4) is 10.6 Å². The number of nitrogens with one attached hydrogen (secondary N) is 2. The van der Waals surface area contributed by atoms with E-state index in [1.807, 2.05) is 57.2 Å². The number of rotatable bonds is 5. The van der Waals surface area contributed by atoms with Crippen LogP contribution in [0, 0.1) is 0 Å². The normalized spacial score (nSPS) is 13.5. The minimum absolute atomic E-state index is 0.182. The van der Waals surface area contributed by atoms with Gasteiger partial charge in [-0.2, -0.15) is 0 Å². The molecule has 1 aliphatic heterocycles. The molecule has 39 heavy (non-hydrogen) atoms. The standard InChI is InChI=1S/C29H31BrN4O3S2/c1-16(2)31-19-9-6-17(7-10-19)25(35)33-27-24(26-32-21-11-8-18(30)14-22(21)38-26)20-12-13-34(15-23(20)39-27)28(36)37-29(3,4)5/h6-11,14,16,31H,12-13,15H2,1-5H3,(H,33,35). The average molecular weight is 628 g/mol. The van der Waals surface area contributed by atoms with E-state index < -0.39 is 5.60 Å². The summed E-state index contributed by atoms with van der Waals surface area (Å²) in [5.74, 6) is -0.182. The number of carbonyl (C=O) groups excluding carboxylic acids is 2. The number of thiazole rings is 1. The van der Waals surface area contributed by atoms with Crippen LogP contribution >= 0.6 is 38.6 Å². The second kappa shape index (κ2) is 10.9. The highest BCUT2D eigenvalue weighted by Gasteiger charge is 2.31. The molecule has 2 amide bonds. The zero-order chi connectivity index (χ0) is 27.9. The van der Waals surface area contributed by atoms with E-state index in [9.17, 15) is 9.59 Å². The number of thiophene rings is 1. The fourth-order valence-corrected chi connectivity index (χ4v) is 7.35. The largest absolute Gasteiger partial charge is 0.444 e. The van der Waals surface area contributed by atoms with E-state index in [-0.39, 0.29) is 12.0 Å². The van der Waals surface area contributed by atoms with E-state index in [1.165, 1.54) is 11.3 Å². The Balaban J connectivity index is 1.49. The van der Waals surface area contributed by atoms with Crippen LogP contribution in [0.5, 0.6) is 0 Å². The number of hydrogen-bond donors (Lipinski definition) is 2. The van der Waals surface area contributed by atoms with Crippen molar-refractivity contribution in [1.29, 1.82) is 0 Å². The van der Waals surface area contributed by atoms with Crippen molar-refractivity contribution in [3.05, 3.63) is 62.9 Å². The maximum absolute atomic E-state index is 13.4. The molecule has 7 nitrogen and oxygen atoms in total. The number of amides is 2. The summed E-state index contributed by atoms with van der Waals surface area (Å²) >= 11 is 6.66. The molecule has 204 valence electrons. The number of ether oxygens (including phenoxy) is 1. The van der Waals surface area contributed by atoms with E-state index in [0.29, 0.717) is 31.1 Å². The molecule has 2 aromatic carbocycles. The molecule has 0 atom stereocenters. The summed E-state index contributed by atoms with van der Waals surface area (Å²) in [4.78, 5) is 33.9. The highest BCUT2D eigenvalue weighted by molar-refractivity contribution is 9.10. The third-order valence-electron chi connectivity index (χ3n) is 6.10. The Morgan fingerprint density at radius 2 is 1.85 bits per heavy atom. The fourth-order valence-electron chi connectivity index (χ4n) is 4.43. The number of halogens is 1. The van der Waals surface area contributed by atoms with Crippen LogP contribution in [-0.4, -0.2) is 40.1 Å². The first-order valence-corrected chi connectivity index (χ1v) is 15.3. The monoisotopic (exact) mass is 626 g/mol. The van der Waals surface area contributed by atoms with Crippen LogP contribution in [0.4, 0.5) is 15.5 Å². The van der Waals surface area contributed by atoms with Crippen LogP contribution in [-0.2, 0) is 17.7 Å². The maximum atomic E-state index is 13.4. The summed E-state index contributed by atoms with van der Waals surface area (Å²) in [6.45, 7) is 10.7. The molecule has 4 aromatic rings. The lowest BCUT2D eigenvalue weighted by Crippen LogP contribution is -2.39. The number of carbonyl (C=O) groups is 2. The molecule has 2 aromatic heterocycles. The van der Waals surface area contributed by atoms with Gasteiger partial charge in [0.2, 0.25) is 0 Å². The van der Waals surface area contributed by atoms with Crippen LogP contribution in [0.2, 0.25) is 0 Å². The van der Waals surface area contributed by atoms with Crippen molar-refractivity contribution in [2.75, 3.05) is 17.2 Å². The van der Waals surface area contributed by atoms with Gasteiger partial charge < -0.3 is 20.3 Å². The Morgan fingerprint density at radius 3 is 2.54 bits per heavy atom. The van der Waals surface area contributed by atoms with Crippen LogP contribution in [0.15, 0.2) is 46.9 Å². The molecule has 0 aliphatic carbocycles. The molecule has 0 spiro atoms. The molecule has 1 aliphatic rings. The Morgan fingerprint density at radius 1 is 1.10 bits per heavy atom. The lowest BCUT2D eigenvalue weighted by Gasteiger charge is -2.30. The van der Waals surface area contributed by atoms with Gasteiger partial charge in [-0.15, -0.1) is 22.7 Å². The predicted molar refractivity (Wildman–Crippen MR) is 164 cm³/mol. The van der Waals surface area contributed by atoms with Gasteiger partial charge in [0, 0.05) is 38.8 Å². The van der Waals surface area contributed by atoms with Crippen LogP contribution in [0.1, 0.15) is 55.4 Å². The first-order valence-electron chi connectivity index (χ1n) is 12.8. The molecule has 2 N–H and O–H groups in total. The van der Waals surface area contributed by atoms with E-state index >= 15 is 0 Å². The maximum Gasteiger partial charge on any atom is 0.410 e. The lowest BCUT2D eigenvalue weighted by molar-refractivity contribution is 0.0226. The van der Waals surface area contributed by atoms with E-state index in [2.05, 4.69) is 46.5 Å². The first kappa shape index (κ1) is 27.6. The van der Waals surface area contributed by atoms with Gasteiger partial charge in [-0.25, -0.2) is 9.78 Å². The summed E-state index contributed by atoms with van der Waals surface area (Å²) in [6.07, 6.45) is 0.333. The molecule has 0 bridgehead atoms. The molecule has 0 saturated carbocycles. The molecular formula is C29H31BrN4O3S2. The van der Waals surface area contributed by atoms with E-state index in [4.69, 9.17) is 9.72 Å². The molecule has 5 rings (SSSR count). The minimum Gasteiger partial charge on any atom is -0.444 e. The van der Waals surface area contributed by atoms with E-state index in [0.717, 1.165) is 46.4 Å². The zero-order valence-corrected chi connectivity index (χ0v) is 25.8. The van der Waals surface area contributed by atoms with Gasteiger partial charge in [0.05, 0.1) is 16.8 Å². The number of aromatic nitrogens is 1. The fraction of sp³-hybridized carbons (Fsp3) is 0.345. The molecule has 0 fully saturated rings. The molecule has 3 heterocycles. The van der Waals surface area contributed by atoms with Crippen molar-refractivity contribution in [2.45, 2.75) is 59.2 Å². The van der Waals surface area contributed by atoms with Crippen LogP contribution in [0.25, 0.3) is 20.8 Å². The molecular weight excluding hydrogens is 596 g/mol. The summed E-state index contributed by atoms with van der Waals surface area (Å²) < 4.78 is 7.68. The third kappa shape index (κ3) is 6.28. The van der Waals surface area contributed by atoms with Gasteiger partial charge in [0.25, 0.3) is 5.91 Å². The molecule has 0 radical (unpaired) electrons. The predicted octanol–water partition coefficient (Wildman–Crippen LogP) is 8.15. The topological polar surface area (TPSA) is 83.6 Å². The Kier molecular flexibility index (Phi) is 7.72. The zero-order valence-electron chi connectivity index (χ0n) is 22.6. The summed E-state index contributed by atoms with van der Waals surface area (Å²) in [5.41, 5.74) is 3.97. The minimum atomic E-state index is -0.563. The summed E-state index contributed by atoms with van der Waals surface area (Å²) in [6, 6.07) is 13.8. The summed E-state index contributed by atoms with van der Waals surface area (Å²) in [5, 5.41) is 8.12. The highest BCUT2D eigenvalue weighted by Crippen LogP contribution is 2.46. The van der Waals surface area contributed by atoms with Crippen LogP contribution < -0.4 is 10.6 Å². The van der Waals surface area contributed by atoms with Gasteiger partial charge in [-0.3, -0.25) is 4.79 Å². The van der Waals surface area contributed by atoms with Crippen molar-refractivity contribution in [2.24, 2.45) is 0 Å². The van der Waals surface area contributed by atoms with Gasteiger partial charge in [0.1, 0.15) is 15.6 Å². The van der Waals surface area contributed by atoms with Gasteiger partial charge in [0.15, 0.2) is 0 Å². The van der Waals surface area contributed by atoms with Gasteiger partial charge >= 0.3 is 6.09 Å². The van der Waals surface area contributed by atoms with Crippen LogP contribution in [0.3, 0.4) is 0 Å². The van der Waals surface area contributed by atoms with Gasteiger partial charge in [-0.1, -0.05) is 15.9 Å². The molecule has 0 saturated heterocycles. The lowest BCUT2D eigenvalue weighted by atomic mass is 10.0. The van der Waals surface area contributed by atoms with Crippen molar-refractivity contribution >= 4 is 71.5 Å². The second-order valence-corrected chi connectivity index (χ2v) is 13.9. The number of hydrogen-bond acceptors (Lipinski definition) is 7. The number of anilines is 2. The Bertz CT molecular complexity index is 1540.